The summed E-state index contributed by atoms with van der Waals surface area (Å²) in [4.78, 5) is 32.7. The van der Waals surface area contributed by atoms with Gasteiger partial charge in [-0.1, -0.05) is 54.6 Å². The molecule has 1 saturated heterocycles. The Kier molecular flexibility index (Phi) is 6.48. The number of fused-ring (bicyclic) bond motifs is 1. The Morgan fingerprint density at radius 2 is 1.77 bits per heavy atom. The van der Waals surface area contributed by atoms with Crippen LogP contribution in [0.5, 0.6) is 5.75 Å². The molecule has 0 unspecified atom stereocenters. The molecule has 4 aromatic rings. The molecule has 1 N–H and O–H groups in total. The smallest absolute Gasteiger partial charge is 0.244 e. The zero-order chi connectivity index (χ0) is 24.2. The number of hydrogen-bond acceptors (Lipinski definition) is 4. The Hall–Kier alpha value is -4.13. The van der Waals surface area contributed by atoms with Gasteiger partial charge in [0.25, 0.3) is 0 Å². The highest BCUT2D eigenvalue weighted by atomic mass is 16.5. The van der Waals surface area contributed by atoms with E-state index in [1.165, 1.54) is 5.56 Å². The van der Waals surface area contributed by atoms with Gasteiger partial charge in [-0.3, -0.25) is 9.59 Å². The molecule has 1 aliphatic rings. The maximum absolute atomic E-state index is 13.1. The molecular weight excluding hydrogens is 440 g/mol. The summed E-state index contributed by atoms with van der Waals surface area (Å²) in [7, 11) is 1.58. The van der Waals surface area contributed by atoms with Gasteiger partial charge in [-0.2, -0.15) is 0 Å². The van der Waals surface area contributed by atoms with Gasteiger partial charge in [0, 0.05) is 25.4 Å². The Labute approximate surface area is 204 Å². The zero-order valence-corrected chi connectivity index (χ0v) is 19.7. The van der Waals surface area contributed by atoms with Crippen molar-refractivity contribution in [2.75, 3.05) is 25.5 Å². The fourth-order valence-corrected chi connectivity index (χ4v) is 4.72. The van der Waals surface area contributed by atoms with E-state index in [0.717, 1.165) is 23.3 Å². The van der Waals surface area contributed by atoms with Gasteiger partial charge in [-0.25, -0.2) is 4.98 Å². The molecule has 7 nitrogen and oxygen atoms in total. The maximum Gasteiger partial charge on any atom is 0.244 e. The number of imidazole rings is 1. The van der Waals surface area contributed by atoms with Crippen molar-refractivity contribution in [2.24, 2.45) is 0 Å². The Bertz CT molecular complexity index is 1350. The van der Waals surface area contributed by atoms with Crippen molar-refractivity contribution in [1.29, 1.82) is 0 Å². The quantitative estimate of drug-likeness (QED) is 0.420. The van der Waals surface area contributed by atoms with Crippen molar-refractivity contribution in [3.8, 4) is 5.75 Å². The summed E-state index contributed by atoms with van der Waals surface area (Å²) in [6.07, 6.45) is 1.21. The predicted molar refractivity (Wildman–Crippen MR) is 135 cm³/mol. The second kappa shape index (κ2) is 10.0. The fraction of sp³-hybridized carbons (Fsp3) is 0.250. The van der Waals surface area contributed by atoms with E-state index in [2.05, 4.69) is 17.4 Å². The minimum absolute atomic E-state index is 0.0651. The average molecular weight is 469 g/mol. The number of aromatic nitrogens is 2. The summed E-state index contributed by atoms with van der Waals surface area (Å²) in [6, 6.07) is 25.3. The molecule has 1 aromatic heterocycles. The molecular formula is C28H28N4O3. The van der Waals surface area contributed by atoms with Gasteiger partial charge < -0.3 is 19.5 Å². The molecule has 7 heteroatoms. The minimum Gasteiger partial charge on any atom is -0.495 e. The number of nitrogens with zero attached hydrogens (tertiary/aromatic N) is 3. The van der Waals surface area contributed by atoms with E-state index in [1.807, 2.05) is 76.2 Å². The van der Waals surface area contributed by atoms with E-state index < -0.39 is 0 Å². The number of para-hydroxylation sites is 4. The largest absolute Gasteiger partial charge is 0.495 e. The Morgan fingerprint density at radius 3 is 2.60 bits per heavy atom. The predicted octanol–water partition coefficient (Wildman–Crippen LogP) is 4.24. The first-order valence-electron chi connectivity index (χ1n) is 11.8. The summed E-state index contributed by atoms with van der Waals surface area (Å²) >= 11 is 0. The van der Waals surface area contributed by atoms with Crippen molar-refractivity contribution < 1.29 is 14.3 Å². The van der Waals surface area contributed by atoms with Crippen molar-refractivity contribution >= 4 is 28.5 Å². The second-order valence-electron chi connectivity index (χ2n) is 8.77. The normalized spacial score (nSPS) is 15.5. The molecule has 0 aliphatic carbocycles. The van der Waals surface area contributed by atoms with Crippen LogP contribution < -0.4 is 10.1 Å². The number of nitrogens with one attached hydrogen (secondary N) is 1. The van der Waals surface area contributed by atoms with E-state index in [-0.39, 0.29) is 24.3 Å². The van der Waals surface area contributed by atoms with Gasteiger partial charge >= 0.3 is 0 Å². The van der Waals surface area contributed by atoms with E-state index in [0.29, 0.717) is 30.9 Å². The van der Waals surface area contributed by atoms with Crippen LogP contribution in [0.3, 0.4) is 0 Å². The second-order valence-corrected chi connectivity index (χ2v) is 8.77. The summed E-state index contributed by atoms with van der Waals surface area (Å²) < 4.78 is 7.30. The fourth-order valence-electron chi connectivity index (χ4n) is 4.72. The number of ether oxygens (including phenoxy) is 1. The molecule has 2 heterocycles. The first-order chi connectivity index (χ1) is 17.1. The Balaban J connectivity index is 1.36. The van der Waals surface area contributed by atoms with Crippen LogP contribution in [0.1, 0.15) is 23.7 Å². The highest BCUT2D eigenvalue weighted by Gasteiger charge is 2.34. The topological polar surface area (TPSA) is 76.5 Å². The zero-order valence-electron chi connectivity index (χ0n) is 19.7. The van der Waals surface area contributed by atoms with Crippen LogP contribution in [0.4, 0.5) is 5.69 Å². The molecule has 35 heavy (non-hydrogen) atoms. The van der Waals surface area contributed by atoms with Crippen LogP contribution in [0.15, 0.2) is 78.9 Å². The number of carbonyl (C=O) groups is 2. The molecule has 1 fully saturated rings. The van der Waals surface area contributed by atoms with Crippen LogP contribution in [0.25, 0.3) is 11.0 Å². The standard InChI is InChI=1S/C28H28N4O3/c1-35-25-14-8-6-12-23(25)29-26(33)19-32-24-13-7-5-11-22(24)30-28(32)21-17-27(34)31(18-21)16-15-20-9-3-2-4-10-20/h2-14,21H,15-19H2,1H3,(H,29,33)/t21-/m1/s1. The van der Waals surface area contributed by atoms with Crippen LogP contribution in [-0.2, 0) is 22.6 Å². The van der Waals surface area contributed by atoms with Gasteiger partial charge in [0.2, 0.25) is 11.8 Å². The van der Waals surface area contributed by atoms with Crippen molar-refractivity contribution in [2.45, 2.75) is 25.3 Å². The number of benzene rings is 3. The molecule has 178 valence electrons. The van der Waals surface area contributed by atoms with Gasteiger partial charge in [0.15, 0.2) is 0 Å². The number of likely N-dealkylation sites (tertiary alicyclic amines) is 1. The SMILES string of the molecule is COc1ccccc1NC(=O)Cn1c([C@@H]2CC(=O)N(CCc3ccccc3)C2)nc2ccccc21. The molecule has 5 rings (SSSR count). The van der Waals surface area contributed by atoms with E-state index >= 15 is 0 Å². The summed E-state index contributed by atoms with van der Waals surface area (Å²) in [5.41, 5.74) is 3.54. The lowest BCUT2D eigenvalue weighted by Gasteiger charge is -2.17. The first-order valence-corrected chi connectivity index (χ1v) is 11.8. The molecule has 1 atom stereocenters. The van der Waals surface area contributed by atoms with Crippen molar-refractivity contribution in [1.82, 2.24) is 14.5 Å². The third-order valence-electron chi connectivity index (χ3n) is 6.46. The molecule has 2 amide bonds. The molecule has 0 radical (unpaired) electrons. The van der Waals surface area contributed by atoms with Crippen LogP contribution >= 0.6 is 0 Å². The summed E-state index contributed by atoms with van der Waals surface area (Å²) in [5, 5.41) is 2.95. The van der Waals surface area contributed by atoms with Crippen molar-refractivity contribution in [3.05, 3.63) is 90.3 Å². The van der Waals surface area contributed by atoms with Gasteiger partial charge in [-0.05, 0) is 36.2 Å². The molecule has 1 aliphatic heterocycles. The number of hydrogen-bond donors (Lipinski definition) is 1. The van der Waals surface area contributed by atoms with E-state index in [4.69, 9.17) is 9.72 Å². The van der Waals surface area contributed by atoms with Gasteiger partial charge in [0.05, 0.1) is 23.8 Å². The highest BCUT2D eigenvalue weighted by molar-refractivity contribution is 5.93. The lowest BCUT2D eigenvalue weighted by molar-refractivity contribution is -0.127. The molecule has 0 spiro atoms. The minimum atomic E-state index is -0.177. The average Bonchev–Trinajstić information content (AvgIpc) is 3.43. The van der Waals surface area contributed by atoms with Crippen molar-refractivity contribution in [3.63, 3.8) is 0 Å². The molecule has 0 saturated carbocycles. The third-order valence-corrected chi connectivity index (χ3v) is 6.46. The number of anilines is 1. The number of carbonyl (C=O) groups excluding carboxylic acids is 2. The number of rotatable bonds is 8. The van der Waals surface area contributed by atoms with Gasteiger partial charge in [-0.15, -0.1) is 0 Å². The third kappa shape index (κ3) is 4.89. The molecule has 0 bridgehead atoms. The number of methoxy groups -OCH3 is 1. The van der Waals surface area contributed by atoms with E-state index in [9.17, 15) is 9.59 Å². The summed E-state index contributed by atoms with van der Waals surface area (Å²) in [6.45, 7) is 1.37. The maximum atomic E-state index is 13.1. The highest BCUT2D eigenvalue weighted by Crippen LogP contribution is 2.31. The Morgan fingerprint density at radius 1 is 1.03 bits per heavy atom. The monoisotopic (exact) mass is 468 g/mol. The summed E-state index contributed by atoms with van der Waals surface area (Å²) in [5.74, 6) is 1.26. The lowest BCUT2D eigenvalue weighted by Crippen LogP contribution is -2.28. The number of amides is 2. The van der Waals surface area contributed by atoms with Crippen LogP contribution in [0, 0.1) is 0 Å². The van der Waals surface area contributed by atoms with Gasteiger partial charge in [0.1, 0.15) is 18.1 Å². The van der Waals surface area contributed by atoms with Crippen LogP contribution in [-0.4, -0.2) is 46.5 Å². The lowest BCUT2D eigenvalue weighted by atomic mass is 10.1. The van der Waals surface area contributed by atoms with E-state index in [1.54, 1.807) is 7.11 Å². The van der Waals surface area contributed by atoms with Crippen LogP contribution in [0.2, 0.25) is 0 Å². The first kappa shape index (κ1) is 22.7. The molecule has 3 aromatic carbocycles.